The maximum absolute atomic E-state index is 13.4. The van der Waals surface area contributed by atoms with Gasteiger partial charge in [0.15, 0.2) is 0 Å². The van der Waals surface area contributed by atoms with Crippen LogP contribution >= 0.6 is 0 Å². The van der Waals surface area contributed by atoms with Crippen LogP contribution in [-0.4, -0.2) is 42.8 Å². The molecule has 0 saturated carbocycles. The number of carbonyl (C=O) groups excluding carboxylic acids is 1. The molecule has 1 N–H and O–H groups in total. The summed E-state index contributed by atoms with van der Waals surface area (Å²) in [4.78, 5) is 14.1. The highest BCUT2D eigenvalue weighted by molar-refractivity contribution is 5.68. The van der Waals surface area contributed by atoms with Gasteiger partial charge in [0.25, 0.3) is 0 Å². The van der Waals surface area contributed by atoms with Crippen LogP contribution in [0.4, 0.5) is 9.18 Å². The van der Waals surface area contributed by atoms with Gasteiger partial charge in [-0.15, -0.1) is 0 Å². The van der Waals surface area contributed by atoms with Gasteiger partial charge < -0.3 is 15.0 Å². The van der Waals surface area contributed by atoms with Crippen molar-refractivity contribution < 1.29 is 13.9 Å². The number of piperidine rings is 1. The Morgan fingerprint density at radius 2 is 2.09 bits per heavy atom. The molecule has 1 saturated heterocycles. The van der Waals surface area contributed by atoms with Crippen molar-refractivity contribution in [3.8, 4) is 0 Å². The molecule has 2 rings (SSSR count). The van der Waals surface area contributed by atoms with E-state index in [4.69, 9.17) is 4.74 Å². The fraction of sp³-hybridized carbons (Fsp3) is 0.611. The van der Waals surface area contributed by atoms with E-state index in [0.717, 1.165) is 17.5 Å². The van der Waals surface area contributed by atoms with Crippen molar-refractivity contribution in [3.63, 3.8) is 0 Å². The second-order valence-corrected chi connectivity index (χ2v) is 7.22. The molecule has 0 spiro atoms. The smallest absolute Gasteiger partial charge is 0.410 e. The molecule has 0 radical (unpaired) electrons. The van der Waals surface area contributed by atoms with Crippen molar-refractivity contribution >= 4 is 6.09 Å². The Kier molecular flexibility index (Phi) is 5.30. The normalized spacial score (nSPS) is 22.1. The van der Waals surface area contributed by atoms with Crippen LogP contribution in [0, 0.1) is 12.7 Å². The molecule has 0 aromatic heterocycles. The maximum Gasteiger partial charge on any atom is 0.410 e. The summed E-state index contributed by atoms with van der Waals surface area (Å²) in [6, 6.07) is 5.13. The predicted molar refractivity (Wildman–Crippen MR) is 89.1 cm³/mol. The molecular formula is C18H27FN2O2. The molecule has 0 aliphatic carbocycles. The lowest BCUT2D eigenvalue weighted by Gasteiger charge is -2.39. The van der Waals surface area contributed by atoms with Crippen LogP contribution in [0.5, 0.6) is 0 Å². The van der Waals surface area contributed by atoms with Crippen molar-refractivity contribution in [2.75, 3.05) is 20.1 Å². The van der Waals surface area contributed by atoms with Gasteiger partial charge in [-0.1, -0.05) is 6.07 Å². The Morgan fingerprint density at radius 3 is 2.65 bits per heavy atom. The number of halogens is 1. The highest BCUT2D eigenvalue weighted by Gasteiger charge is 2.34. The molecule has 1 amide bonds. The summed E-state index contributed by atoms with van der Waals surface area (Å²) in [5.41, 5.74) is 1.50. The van der Waals surface area contributed by atoms with Gasteiger partial charge in [-0.3, -0.25) is 0 Å². The Balaban J connectivity index is 2.20. The van der Waals surface area contributed by atoms with Gasteiger partial charge in [0.1, 0.15) is 11.4 Å². The molecule has 2 atom stereocenters. The molecule has 128 valence electrons. The average molecular weight is 322 g/mol. The molecule has 0 bridgehead atoms. The van der Waals surface area contributed by atoms with Gasteiger partial charge in [-0.25, -0.2) is 9.18 Å². The van der Waals surface area contributed by atoms with E-state index < -0.39 is 5.60 Å². The van der Waals surface area contributed by atoms with E-state index in [2.05, 4.69) is 5.32 Å². The SMILES string of the molecule is CN[C@@H]1CCN(C(=O)OC(C)(C)C)C[C@@H]1c1ccc(F)cc1C. The number of likely N-dealkylation sites (tertiary alicyclic amines) is 1. The van der Waals surface area contributed by atoms with E-state index >= 15 is 0 Å². The molecule has 1 aliphatic heterocycles. The number of aryl methyl sites for hydroxylation is 1. The molecule has 1 aromatic carbocycles. The predicted octanol–water partition coefficient (Wildman–Crippen LogP) is 3.45. The molecule has 1 aliphatic rings. The first-order chi connectivity index (χ1) is 10.7. The monoisotopic (exact) mass is 322 g/mol. The molecule has 4 nitrogen and oxygen atoms in total. The van der Waals surface area contributed by atoms with Crippen LogP contribution in [0.1, 0.15) is 44.2 Å². The number of rotatable bonds is 2. The van der Waals surface area contributed by atoms with Crippen molar-refractivity contribution in [2.24, 2.45) is 0 Å². The zero-order valence-electron chi connectivity index (χ0n) is 14.6. The quantitative estimate of drug-likeness (QED) is 0.907. The molecule has 1 heterocycles. The molecule has 5 heteroatoms. The molecule has 1 aromatic rings. The van der Waals surface area contributed by atoms with E-state index in [1.54, 1.807) is 11.0 Å². The topological polar surface area (TPSA) is 41.6 Å². The van der Waals surface area contributed by atoms with Gasteiger partial charge in [0.05, 0.1) is 0 Å². The number of benzene rings is 1. The molecule has 0 unspecified atom stereocenters. The number of hydrogen-bond acceptors (Lipinski definition) is 3. The zero-order chi connectivity index (χ0) is 17.2. The van der Waals surface area contributed by atoms with Gasteiger partial charge >= 0.3 is 6.09 Å². The average Bonchev–Trinajstić information content (AvgIpc) is 2.45. The van der Waals surface area contributed by atoms with Crippen molar-refractivity contribution in [3.05, 3.63) is 35.1 Å². The molecular weight excluding hydrogens is 295 g/mol. The molecule has 1 fully saturated rings. The van der Waals surface area contributed by atoms with E-state index in [1.165, 1.54) is 6.07 Å². The van der Waals surface area contributed by atoms with Crippen LogP contribution in [0.2, 0.25) is 0 Å². The summed E-state index contributed by atoms with van der Waals surface area (Å²) >= 11 is 0. The van der Waals surface area contributed by atoms with Crippen molar-refractivity contribution in [1.82, 2.24) is 10.2 Å². The van der Waals surface area contributed by atoms with Crippen molar-refractivity contribution in [2.45, 2.75) is 51.7 Å². The maximum atomic E-state index is 13.4. The fourth-order valence-electron chi connectivity index (χ4n) is 3.16. The zero-order valence-corrected chi connectivity index (χ0v) is 14.6. The lowest BCUT2D eigenvalue weighted by atomic mass is 9.84. The minimum Gasteiger partial charge on any atom is -0.444 e. The number of amides is 1. The Labute approximate surface area is 138 Å². The lowest BCUT2D eigenvalue weighted by molar-refractivity contribution is 0.0177. The fourth-order valence-corrected chi connectivity index (χ4v) is 3.16. The van der Waals surface area contributed by atoms with Gasteiger partial charge in [0, 0.05) is 25.0 Å². The number of nitrogens with zero attached hydrogens (tertiary/aromatic N) is 1. The van der Waals surface area contributed by atoms with Gasteiger partial charge in [0.2, 0.25) is 0 Å². The van der Waals surface area contributed by atoms with Gasteiger partial charge in [-0.05, 0) is 64.4 Å². The van der Waals surface area contributed by atoms with E-state index in [1.807, 2.05) is 40.8 Å². The third-order valence-corrected chi connectivity index (χ3v) is 4.27. The third-order valence-electron chi connectivity index (χ3n) is 4.27. The first-order valence-corrected chi connectivity index (χ1v) is 8.12. The second kappa shape index (κ2) is 6.87. The number of carbonyl (C=O) groups is 1. The Morgan fingerprint density at radius 1 is 1.39 bits per heavy atom. The largest absolute Gasteiger partial charge is 0.444 e. The van der Waals surface area contributed by atoms with E-state index in [-0.39, 0.29) is 23.9 Å². The van der Waals surface area contributed by atoms with Crippen molar-refractivity contribution in [1.29, 1.82) is 0 Å². The number of nitrogens with one attached hydrogen (secondary N) is 1. The highest BCUT2D eigenvalue weighted by atomic mass is 19.1. The second-order valence-electron chi connectivity index (χ2n) is 7.22. The van der Waals surface area contributed by atoms with E-state index in [0.29, 0.717) is 13.1 Å². The summed E-state index contributed by atoms with van der Waals surface area (Å²) in [5.74, 6) is -0.103. The minimum absolute atomic E-state index is 0.127. The van der Waals surface area contributed by atoms with Crippen LogP contribution in [0.3, 0.4) is 0 Å². The summed E-state index contributed by atoms with van der Waals surface area (Å²) in [6.45, 7) is 8.76. The summed E-state index contributed by atoms with van der Waals surface area (Å²) in [6.07, 6.45) is 0.564. The summed E-state index contributed by atoms with van der Waals surface area (Å²) in [7, 11) is 1.93. The number of hydrogen-bond donors (Lipinski definition) is 1. The lowest BCUT2D eigenvalue weighted by Crippen LogP contribution is -2.50. The van der Waals surface area contributed by atoms with Crippen LogP contribution in [0.15, 0.2) is 18.2 Å². The Hall–Kier alpha value is -1.62. The Bertz CT molecular complexity index is 569. The number of likely N-dealkylation sites (N-methyl/N-ethyl adjacent to an activating group) is 1. The van der Waals surface area contributed by atoms with Gasteiger partial charge in [-0.2, -0.15) is 0 Å². The highest BCUT2D eigenvalue weighted by Crippen LogP contribution is 2.30. The first kappa shape index (κ1) is 17.7. The molecule has 23 heavy (non-hydrogen) atoms. The summed E-state index contributed by atoms with van der Waals surface area (Å²) in [5, 5.41) is 3.33. The standard InChI is InChI=1S/C18H27FN2O2/c1-12-10-13(19)6-7-14(12)15-11-21(9-8-16(15)20-5)17(22)23-18(2,3)4/h6-7,10,15-16,20H,8-9,11H2,1-5H3/t15-,16-/m1/s1. The van der Waals surface area contributed by atoms with Crippen LogP contribution < -0.4 is 5.32 Å². The first-order valence-electron chi connectivity index (χ1n) is 8.12. The minimum atomic E-state index is -0.502. The van der Waals surface area contributed by atoms with Crippen LogP contribution in [-0.2, 0) is 4.74 Å². The van der Waals surface area contributed by atoms with E-state index in [9.17, 15) is 9.18 Å². The van der Waals surface area contributed by atoms with Crippen LogP contribution in [0.25, 0.3) is 0 Å². The summed E-state index contributed by atoms with van der Waals surface area (Å²) < 4.78 is 18.9. The number of ether oxygens (including phenoxy) is 1. The third kappa shape index (κ3) is 4.44.